The third-order valence-electron chi connectivity index (χ3n) is 5.27. The zero-order valence-electron chi connectivity index (χ0n) is 17.9. The summed E-state index contributed by atoms with van der Waals surface area (Å²) in [7, 11) is 1.60. The number of halogens is 1. The van der Waals surface area contributed by atoms with Gasteiger partial charge in [0, 0.05) is 23.7 Å². The maximum Gasteiger partial charge on any atom is 0.239 e. The van der Waals surface area contributed by atoms with Gasteiger partial charge in [-0.3, -0.25) is 4.57 Å². The molecule has 2 heterocycles. The Labute approximate surface area is 189 Å². The van der Waals surface area contributed by atoms with Crippen molar-refractivity contribution in [3.8, 4) is 23.0 Å². The molecule has 0 amide bonds. The van der Waals surface area contributed by atoms with Gasteiger partial charge in [-0.1, -0.05) is 48.5 Å². The van der Waals surface area contributed by atoms with Crippen LogP contribution < -0.4 is 15.8 Å². The standard InChI is InChI=1S/C25H21FN6O/c1-33-21-12-6-11-19-22(21)30-25(31-23(19)28-14-16-7-3-2-4-8-16)32-15-20(29-24(32)27)17-9-5-10-18(26)13-17/h2-13,15H,14H2,1H3,(H2,27,29)(H,28,30,31). The lowest BCUT2D eigenvalue weighted by molar-refractivity contribution is 0.419. The van der Waals surface area contributed by atoms with E-state index in [0.29, 0.717) is 40.8 Å². The number of imidazole rings is 1. The van der Waals surface area contributed by atoms with Crippen LogP contribution in [-0.4, -0.2) is 26.6 Å². The first kappa shape index (κ1) is 20.4. The molecule has 0 unspecified atom stereocenters. The van der Waals surface area contributed by atoms with Crippen LogP contribution in [0.2, 0.25) is 0 Å². The van der Waals surface area contributed by atoms with Gasteiger partial charge >= 0.3 is 0 Å². The van der Waals surface area contributed by atoms with Crippen LogP contribution >= 0.6 is 0 Å². The molecule has 0 atom stereocenters. The van der Waals surface area contributed by atoms with Crippen molar-refractivity contribution in [3.05, 3.63) is 90.4 Å². The van der Waals surface area contributed by atoms with E-state index in [-0.39, 0.29) is 11.8 Å². The molecule has 0 bridgehead atoms. The van der Waals surface area contributed by atoms with Crippen molar-refractivity contribution in [1.82, 2.24) is 19.5 Å². The number of hydrogen-bond donors (Lipinski definition) is 2. The minimum atomic E-state index is -0.347. The van der Waals surface area contributed by atoms with E-state index in [2.05, 4.69) is 10.3 Å². The Morgan fingerprint density at radius 2 is 1.79 bits per heavy atom. The number of ether oxygens (including phenoxy) is 1. The predicted molar refractivity (Wildman–Crippen MR) is 127 cm³/mol. The molecule has 164 valence electrons. The number of nitrogens with one attached hydrogen (secondary N) is 1. The molecule has 3 aromatic carbocycles. The van der Waals surface area contributed by atoms with Gasteiger partial charge in [0.25, 0.3) is 0 Å². The van der Waals surface area contributed by atoms with E-state index in [1.165, 1.54) is 12.1 Å². The summed E-state index contributed by atoms with van der Waals surface area (Å²) in [4.78, 5) is 13.8. The summed E-state index contributed by atoms with van der Waals surface area (Å²) < 4.78 is 20.8. The average Bonchev–Trinajstić information content (AvgIpc) is 3.24. The summed E-state index contributed by atoms with van der Waals surface area (Å²) >= 11 is 0. The number of para-hydroxylation sites is 1. The molecule has 33 heavy (non-hydrogen) atoms. The lowest BCUT2D eigenvalue weighted by atomic mass is 10.2. The Hall–Kier alpha value is -4.46. The lowest BCUT2D eigenvalue weighted by Gasteiger charge is -2.13. The van der Waals surface area contributed by atoms with E-state index in [0.717, 1.165) is 10.9 Å². The quantitative estimate of drug-likeness (QED) is 0.393. The number of rotatable bonds is 6. The Kier molecular flexibility index (Phi) is 5.32. The molecule has 0 aliphatic rings. The summed E-state index contributed by atoms with van der Waals surface area (Å²) in [6.45, 7) is 0.581. The highest BCUT2D eigenvalue weighted by molar-refractivity contribution is 5.93. The van der Waals surface area contributed by atoms with Gasteiger partial charge in [-0.05, 0) is 29.8 Å². The van der Waals surface area contributed by atoms with E-state index in [1.54, 1.807) is 30.0 Å². The van der Waals surface area contributed by atoms with Crippen LogP contribution in [0.25, 0.3) is 28.1 Å². The van der Waals surface area contributed by atoms with Crippen LogP contribution in [0.3, 0.4) is 0 Å². The number of fused-ring (bicyclic) bond motifs is 1. The first-order valence-electron chi connectivity index (χ1n) is 10.4. The van der Waals surface area contributed by atoms with Crippen molar-refractivity contribution < 1.29 is 9.13 Å². The number of anilines is 2. The molecule has 5 rings (SSSR count). The van der Waals surface area contributed by atoms with Crippen LogP contribution in [0.1, 0.15) is 5.56 Å². The number of hydrogen-bond acceptors (Lipinski definition) is 6. The molecule has 0 spiro atoms. The van der Waals surface area contributed by atoms with Gasteiger partial charge in [0.05, 0.1) is 12.8 Å². The largest absolute Gasteiger partial charge is 0.494 e. The molecule has 7 nitrogen and oxygen atoms in total. The van der Waals surface area contributed by atoms with Crippen molar-refractivity contribution in [2.24, 2.45) is 0 Å². The minimum Gasteiger partial charge on any atom is -0.494 e. The van der Waals surface area contributed by atoms with E-state index >= 15 is 0 Å². The van der Waals surface area contributed by atoms with Crippen molar-refractivity contribution in [3.63, 3.8) is 0 Å². The summed E-state index contributed by atoms with van der Waals surface area (Å²) in [5, 5.41) is 4.22. The fourth-order valence-corrected chi connectivity index (χ4v) is 3.64. The topological polar surface area (TPSA) is 90.9 Å². The van der Waals surface area contributed by atoms with Crippen LogP contribution in [0, 0.1) is 5.82 Å². The monoisotopic (exact) mass is 440 g/mol. The molecule has 3 N–H and O–H groups in total. The second-order valence-corrected chi connectivity index (χ2v) is 7.43. The Bertz CT molecular complexity index is 1430. The number of benzene rings is 3. The maximum atomic E-state index is 13.7. The van der Waals surface area contributed by atoms with Crippen LogP contribution in [0.4, 0.5) is 16.2 Å². The fraction of sp³-hybridized carbons (Fsp3) is 0.0800. The third kappa shape index (κ3) is 4.06. The molecular weight excluding hydrogens is 419 g/mol. The van der Waals surface area contributed by atoms with Gasteiger partial charge in [0.1, 0.15) is 22.9 Å². The molecule has 2 aromatic heterocycles. The zero-order chi connectivity index (χ0) is 22.8. The normalized spacial score (nSPS) is 11.0. The third-order valence-corrected chi connectivity index (χ3v) is 5.27. The van der Waals surface area contributed by atoms with E-state index in [1.807, 2.05) is 48.5 Å². The number of nitrogens with zero attached hydrogens (tertiary/aromatic N) is 4. The van der Waals surface area contributed by atoms with Gasteiger partial charge in [0.15, 0.2) is 0 Å². The van der Waals surface area contributed by atoms with Crippen molar-refractivity contribution in [2.45, 2.75) is 6.54 Å². The molecular formula is C25H21FN6O. The first-order valence-corrected chi connectivity index (χ1v) is 10.4. The van der Waals surface area contributed by atoms with E-state index in [4.69, 9.17) is 20.4 Å². The van der Waals surface area contributed by atoms with Crippen LogP contribution in [0.5, 0.6) is 5.75 Å². The van der Waals surface area contributed by atoms with Gasteiger partial charge < -0.3 is 15.8 Å². The highest BCUT2D eigenvalue weighted by Crippen LogP contribution is 2.30. The summed E-state index contributed by atoms with van der Waals surface area (Å²) in [5.41, 5.74) is 9.09. The van der Waals surface area contributed by atoms with Gasteiger partial charge in [-0.25, -0.2) is 14.4 Å². The van der Waals surface area contributed by atoms with Gasteiger partial charge in [-0.2, -0.15) is 4.98 Å². The summed E-state index contributed by atoms with van der Waals surface area (Å²) in [5.74, 6) is 1.42. The Balaban J connectivity index is 1.61. The fourth-order valence-electron chi connectivity index (χ4n) is 3.64. The smallest absolute Gasteiger partial charge is 0.239 e. The molecule has 0 saturated carbocycles. The van der Waals surface area contributed by atoms with E-state index < -0.39 is 0 Å². The maximum absolute atomic E-state index is 13.7. The summed E-state index contributed by atoms with van der Waals surface area (Å²) in [6.07, 6.45) is 1.70. The lowest BCUT2D eigenvalue weighted by Crippen LogP contribution is -2.09. The van der Waals surface area contributed by atoms with Gasteiger partial charge in [0.2, 0.25) is 11.9 Å². The molecule has 0 saturated heterocycles. The Morgan fingerprint density at radius 1 is 0.970 bits per heavy atom. The summed E-state index contributed by atoms with van der Waals surface area (Å²) in [6, 6.07) is 21.9. The second-order valence-electron chi connectivity index (χ2n) is 7.43. The Morgan fingerprint density at radius 3 is 2.58 bits per heavy atom. The first-order chi connectivity index (χ1) is 16.1. The average molecular weight is 440 g/mol. The predicted octanol–water partition coefficient (Wildman–Crippen LogP) is 4.82. The number of methoxy groups -OCH3 is 1. The highest BCUT2D eigenvalue weighted by atomic mass is 19.1. The van der Waals surface area contributed by atoms with Gasteiger partial charge in [-0.15, -0.1) is 0 Å². The molecule has 0 fully saturated rings. The van der Waals surface area contributed by atoms with Crippen molar-refractivity contribution in [1.29, 1.82) is 0 Å². The SMILES string of the molecule is COc1cccc2c(NCc3ccccc3)nc(-n3cc(-c4cccc(F)c4)nc3N)nc12. The molecule has 0 radical (unpaired) electrons. The number of nitrogen functional groups attached to an aromatic ring is 1. The van der Waals surface area contributed by atoms with Crippen LogP contribution in [-0.2, 0) is 6.54 Å². The molecule has 0 aliphatic heterocycles. The number of nitrogens with two attached hydrogens (primary N) is 1. The number of aromatic nitrogens is 4. The molecule has 5 aromatic rings. The highest BCUT2D eigenvalue weighted by Gasteiger charge is 2.16. The molecule has 8 heteroatoms. The zero-order valence-corrected chi connectivity index (χ0v) is 17.9. The minimum absolute atomic E-state index is 0.192. The van der Waals surface area contributed by atoms with Crippen LogP contribution in [0.15, 0.2) is 79.0 Å². The van der Waals surface area contributed by atoms with Crippen molar-refractivity contribution in [2.75, 3.05) is 18.2 Å². The van der Waals surface area contributed by atoms with Crippen molar-refractivity contribution >= 4 is 22.7 Å². The molecule has 0 aliphatic carbocycles. The second kappa shape index (κ2) is 8.58. The van der Waals surface area contributed by atoms with E-state index in [9.17, 15) is 4.39 Å².